The molecule has 0 N–H and O–H groups in total. The fraction of sp³-hybridized carbons (Fsp3) is 0.316. The van der Waals surface area contributed by atoms with Crippen LogP contribution in [0.3, 0.4) is 0 Å². The maximum absolute atomic E-state index is 10.8. The molecule has 0 atom stereocenters. The average Bonchev–Trinajstić information content (AvgIpc) is 2.62. The quantitative estimate of drug-likeness (QED) is 0.463. The summed E-state index contributed by atoms with van der Waals surface area (Å²) in [6.07, 6.45) is 1.60. The van der Waals surface area contributed by atoms with Crippen LogP contribution in [-0.2, 0) is 11.3 Å². The van der Waals surface area contributed by atoms with Crippen LogP contribution < -0.4 is 4.74 Å². The molecule has 0 fully saturated rings. The first-order valence-electron chi connectivity index (χ1n) is 7.79. The van der Waals surface area contributed by atoms with Crippen LogP contribution in [-0.4, -0.2) is 19.5 Å². The molecule has 0 spiro atoms. The van der Waals surface area contributed by atoms with E-state index in [9.17, 15) is 4.79 Å². The first-order valence-corrected chi connectivity index (χ1v) is 8.58. The summed E-state index contributed by atoms with van der Waals surface area (Å²) in [5.41, 5.74) is 1.76. The van der Waals surface area contributed by atoms with Crippen molar-refractivity contribution in [3.05, 3.63) is 64.1 Å². The summed E-state index contributed by atoms with van der Waals surface area (Å²) in [6.45, 7) is 5.81. The Morgan fingerprint density at radius 3 is 2.43 bits per heavy atom. The molecule has 4 heteroatoms. The standard InChI is InChI=1S/C17H17BrO3.C2H6/c18-17-15(12-19)8-4-9-16(17)21-11-5-10-20-13-14-6-2-1-3-7-14;1-2/h1-4,6-9,12H,5,10-11,13H2;1-2H3. The average molecular weight is 379 g/mol. The molecule has 0 aromatic heterocycles. The molecule has 0 unspecified atom stereocenters. The van der Waals surface area contributed by atoms with Crippen LogP contribution in [0.15, 0.2) is 53.0 Å². The van der Waals surface area contributed by atoms with Gasteiger partial charge in [0.25, 0.3) is 0 Å². The molecular weight excluding hydrogens is 356 g/mol. The van der Waals surface area contributed by atoms with Gasteiger partial charge in [-0.2, -0.15) is 0 Å². The van der Waals surface area contributed by atoms with Crippen LogP contribution in [0.25, 0.3) is 0 Å². The predicted molar refractivity (Wildman–Crippen MR) is 97.1 cm³/mol. The summed E-state index contributed by atoms with van der Waals surface area (Å²) in [6, 6.07) is 15.4. The summed E-state index contributed by atoms with van der Waals surface area (Å²) < 4.78 is 11.9. The maximum Gasteiger partial charge on any atom is 0.151 e. The van der Waals surface area contributed by atoms with Crippen molar-refractivity contribution in [1.82, 2.24) is 0 Å². The molecule has 0 aliphatic heterocycles. The van der Waals surface area contributed by atoms with E-state index in [-0.39, 0.29) is 0 Å². The van der Waals surface area contributed by atoms with E-state index < -0.39 is 0 Å². The number of halogens is 1. The number of carbonyl (C=O) groups excluding carboxylic acids is 1. The first kappa shape index (κ1) is 19.4. The fourth-order valence-corrected chi connectivity index (χ4v) is 2.31. The smallest absolute Gasteiger partial charge is 0.151 e. The van der Waals surface area contributed by atoms with Crippen molar-refractivity contribution in [3.63, 3.8) is 0 Å². The summed E-state index contributed by atoms with van der Waals surface area (Å²) in [4.78, 5) is 10.8. The van der Waals surface area contributed by atoms with E-state index in [2.05, 4.69) is 15.9 Å². The molecule has 23 heavy (non-hydrogen) atoms. The molecule has 0 saturated heterocycles. The van der Waals surface area contributed by atoms with Gasteiger partial charge in [-0.15, -0.1) is 0 Å². The van der Waals surface area contributed by atoms with Gasteiger partial charge in [0, 0.05) is 12.0 Å². The van der Waals surface area contributed by atoms with Crippen LogP contribution >= 0.6 is 15.9 Å². The van der Waals surface area contributed by atoms with Gasteiger partial charge >= 0.3 is 0 Å². The third kappa shape index (κ3) is 6.97. The molecule has 0 aliphatic rings. The van der Waals surface area contributed by atoms with Gasteiger partial charge in [0.1, 0.15) is 5.75 Å². The number of aldehydes is 1. The molecule has 0 saturated carbocycles. The largest absolute Gasteiger partial charge is 0.492 e. The molecule has 124 valence electrons. The zero-order valence-corrected chi connectivity index (χ0v) is 15.2. The molecule has 2 aromatic carbocycles. The molecule has 0 radical (unpaired) electrons. The van der Waals surface area contributed by atoms with Crippen molar-refractivity contribution in [1.29, 1.82) is 0 Å². The second-order valence-corrected chi connectivity index (χ2v) is 5.31. The van der Waals surface area contributed by atoms with Gasteiger partial charge in [0.15, 0.2) is 6.29 Å². The van der Waals surface area contributed by atoms with Gasteiger partial charge in [-0.1, -0.05) is 56.3 Å². The highest BCUT2D eigenvalue weighted by Gasteiger charge is 2.05. The fourth-order valence-electron chi connectivity index (χ4n) is 1.84. The lowest BCUT2D eigenvalue weighted by Crippen LogP contribution is -2.04. The summed E-state index contributed by atoms with van der Waals surface area (Å²) in [5.74, 6) is 0.683. The monoisotopic (exact) mass is 378 g/mol. The maximum atomic E-state index is 10.8. The van der Waals surface area contributed by atoms with E-state index in [0.717, 1.165) is 12.7 Å². The van der Waals surface area contributed by atoms with Crippen molar-refractivity contribution >= 4 is 22.2 Å². The van der Waals surface area contributed by atoms with Crippen LogP contribution in [0.2, 0.25) is 0 Å². The van der Waals surface area contributed by atoms with E-state index in [1.54, 1.807) is 12.1 Å². The molecule has 3 nitrogen and oxygen atoms in total. The molecule has 2 aromatic rings. The van der Waals surface area contributed by atoms with Gasteiger partial charge in [-0.25, -0.2) is 0 Å². The van der Waals surface area contributed by atoms with Crippen LogP contribution in [0.4, 0.5) is 0 Å². The third-order valence-corrected chi connectivity index (χ3v) is 3.77. The number of carbonyl (C=O) groups is 1. The van der Waals surface area contributed by atoms with Crippen LogP contribution in [0.1, 0.15) is 36.2 Å². The van der Waals surface area contributed by atoms with E-state index in [1.807, 2.05) is 50.2 Å². The molecule has 0 bridgehead atoms. The SMILES string of the molecule is CC.O=Cc1cccc(OCCCOCc2ccccc2)c1Br. The zero-order valence-electron chi connectivity index (χ0n) is 13.6. The minimum absolute atomic E-state index is 0.551. The highest BCUT2D eigenvalue weighted by molar-refractivity contribution is 9.10. The Bertz CT molecular complexity index is 570. The third-order valence-electron chi connectivity index (χ3n) is 2.92. The van der Waals surface area contributed by atoms with Gasteiger partial charge in [-0.3, -0.25) is 4.79 Å². The van der Waals surface area contributed by atoms with E-state index in [0.29, 0.717) is 35.6 Å². The van der Waals surface area contributed by atoms with Crippen molar-refractivity contribution in [2.45, 2.75) is 26.9 Å². The van der Waals surface area contributed by atoms with E-state index in [1.165, 1.54) is 5.56 Å². The lowest BCUT2D eigenvalue weighted by Gasteiger charge is -2.09. The number of benzene rings is 2. The van der Waals surface area contributed by atoms with Crippen molar-refractivity contribution in [2.75, 3.05) is 13.2 Å². The van der Waals surface area contributed by atoms with Gasteiger partial charge in [0.05, 0.1) is 24.3 Å². The summed E-state index contributed by atoms with van der Waals surface area (Å²) >= 11 is 3.37. The van der Waals surface area contributed by atoms with E-state index >= 15 is 0 Å². The Morgan fingerprint density at radius 2 is 1.74 bits per heavy atom. The normalized spacial score (nSPS) is 9.70. The van der Waals surface area contributed by atoms with Gasteiger partial charge in [0.2, 0.25) is 0 Å². The van der Waals surface area contributed by atoms with Gasteiger partial charge in [-0.05, 0) is 27.6 Å². The summed E-state index contributed by atoms with van der Waals surface area (Å²) in [5, 5.41) is 0. The number of hydrogen-bond acceptors (Lipinski definition) is 3. The lowest BCUT2D eigenvalue weighted by atomic mass is 10.2. The highest BCUT2D eigenvalue weighted by atomic mass is 79.9. The van der Waals surface area contributed by atoms with Crippen LogP contribution in [0, 0.1) is 0 Å². The highest BCUT2D eigenvalue weighted by Crippen LogP contribution is 2.27. The van der Waals surface area contributed by atoms with Crippen molar-refractivity contribution < 1.29 is 14.3 Å². The Kier molecular flexibility index (Phi) is 10.00. The topological polar surface area (TPSA) is 35.5 Å². The minimum Gasteiger partial charge on any atom is -0.492 e. The molecule has 0 heterocycles. The van der Waals surface area contributed by atoms with Crippen LogP contribution in [0.5, 0.6) is 5.75 Å². The Morgan fingerprint density at radius 1 is 1.00 bits per heavy atom. The molecule has 0 aliphatic carbocycles. The van der Waals surface area contributed by atoms with Crippen molar-refractivity contribution in [3.8, 4) is 5.75 Å². The number of rotatable bonds is 8. The molecule has 0 amide bonds. The molecular formula is C19H23BrO3. The first-order chi connectivity index (χ1) is 11.3. The lowest BCUT2D eigenvalue weighted by molar-refractivity contribution is 0.107. The number of hydrogen-bond donors (Lipinski definition) is 0. The second-order valence-electron chi connectivity index (χ2n) is 4.52. The number of ether oxygens (including phenoxy) is 2. The second kappa shape index (κ2) is 11.9. The Balaban J connectivity index is 0.00000127. The molecule has 2 rings (SSSR count). The predicted octanol–water partition coefficient (Wildman–Crippen LogP) is 5.27. The Labute approximate surface area is 146 Å². The van der Waals surface area contributed by atoms with Crippen molar-refractivity contribution in [2.24, 2.45) is 0 Å². The van der Waals surface area contributed by atoms with E-state index in [4.69, 9.17) is 9.47 Å². The van der Waals surface area contributed by atoms with Gasteiger partial charge < -0.3 is 9.47 Å². The summed E-state index contributed by atoms with van der Waals surface area (Å²) in [7, 11) is 0. The zero-order chi connectivity index (χ0) is 16.9. The Hall–Kier alpha value is -1.65. The minimum atomic E-state index is 0.551.